The first-order valence-corrected chi connectivity index (χ1v) is 10.9. The van der Waals surface area contributed by atoms with Crippen molar-refractivity contribution in [2.24, 2.45) is 0 Å². The molecule has 2 aromatic carbocycles. The first-order valence-electron chi connectivity index (χ1n) is 10.9. The fourth-order valence-electron chi connectivity index (χ4n) is 4.45. The van der Waals surface area contributed by atoms with Crippen LogP contribution in [0.4, 0.5) is 0 Å². The lowest BCUT2D eigenvalue weighted by Gasteiger charge is -2.22. The van der Waals surface area contributed by atoms with Crippen molar-refractivity contribution in [3.05, 3.63) is 65.9 Å². The molecule has 1 saturated carbocycles. The van der Waals surface area contributed by atoms with Crippen LogP contribution in [0.15, 0.2) is 54.6 Å². The Balaban J connectivity index is 1.83. The number of carbonyl (C=O) groups is 1. The van der Waals surface area contributed by atoms with E-state index in [1.165, 1.54) is 19.3 Å². The quantitative estimate of drug-likeness (QED) is 0.572. The molecule has 0 bridgehead atoms. The van der Waals surface area contributed by atoms with Crippen molar-refractivity contribution in [3.63, 3.8) is 0 Å². The van der Waals surface area contributed by atoms with Crippen LogP contribution in [0.3, 0.4) is 0 Å². The number of nitrogens with one attached hydrogen (secondary N) is 1. The Morgan fingerprint density at radius 1 is 0.968 bits per heavy atom. The summed E-state index contributed by atoms with van der Waals surface area (Å²) >= 11 is 0. The van der Waals surface area contributed by atoms with E-state index in [1.54, 1.807) is 14.2 Å². The minimum atomic E-state index is -0.0119. The molecule has 0 spiro atoms. The Bertz CT molecular complexity index is 1050. The highest BCUT2D eigenvalue weighted by molar-refractivity contribution is 5.97. The SMILES string of the molecule is COc1ccc(OC)c(-n2c(-c3ccccc3)cc(C(=O)NC3CCCCC3)c2C)c1. The number of ether oxygens (including phenoxy) is 2. The monoisotopic (exact) mass is 418 g/mol. The van der Waals surface area contributed by atoms with E-state index in [0.29, 0.717) is 5.56 Å². The van der Waals surface area contributed by atoms with Gasteiger partial charge in [0.15, 0.2) is 0 Å². The number of aromatic nitrogens is 1. The van der Waals surface area contributed by atoms with E-state index in [9.17, 15) is 4.79 Å². The number of rotatable bonds is 6. The zero-order valence-corrected chi connectivity index (χ0v) is 18.5. The number of methoxy groups -OCH3 is 2. The van der Waals surface area contributed by atoms with Crippen LogP contribution >= 0.6 is 0 Å². The highest BCUT2D eigenvalue weighted by Gasteiger charge is 2.24. The summed E-state index contributed by atoms with van der Waals surface area (Å²) in [5.41, 5.74) is 4.38. The van der Waals surface area contributed by atoms with Gasteiger partial charge in [0.25, 0.3) is 5.91 Å². The van der Waals surface area contributed by atoms with Crippen LogP contribution in [0.1, 0.15) is 48.2 Å². The molecule has 1 aliphatic rings. The summed E-state index contributed by atoms with van der Waals surface area (Å²) in [7, 11) is 3.30. The third-order valence-corrected chi connectivity index (χ3v) is 6.13. The molecule has 3 aromatic rings. The van der Waals surface area contributed by atoms with Crippen molar-refractivity contribution in [1.29, 1.82) is 0 Å². The minimum Gasteiger partial charge on any atom is -0.497 e. The van der Waals surface area contributed by atoms with Crippen molar-refractivity contribution in [2.75, 3.05) is 14.2 Å². The molecule has 5 heteroatoms. The molecule has 1 heterocycles. The van der Waals surface area contributed by atoms with Crippen LogP contribution in [0.2, 0.25) is 0 Å². The zero-order chi connectivity index (χ0) is 21.8. The van der Waals surface area contributed by atoms with Crippen molar-refractivity contribution in [1.82, 2.24) is 9.88 Å². The number of hydrogen-bond acceptors (Lipinski definition) is 3. The molecule has 0 unspecified atom stereocenters. The number of amides is 1. The van der Waals surface area contributed by atoms with Crippen LogP contribution in [0.5, 0.6) is 11.5 Å². The molecule has 1 N–H and O–H groups in total. The third-order valence-electron chi connectivity index (χ3n) is 6.13. The van der Waals surface area contributed by atoms with Gasteiger partial charge in [0, 0.05) is 17.8 Å². The van der Waals surface area contributed by atoms with Crippen molar-refractivity contribution < 1.29 is 14.3 Å². The molecule has 162 valence electrons. The lowest BCUT2D eigenvalue weighted by atomic mass is 9.95. The fraction of sp³-hybridized carbons (Fsp3) is 0.346. The molecule has 0 saturated heterocycles. The van der Waals surface area contributed by atoms with E-state index in [4.69, 9.17) is 9.47 Å². The second kappa shape index (κ2) is 9.29. The van der Waals surface area contributed by atoms with Crippen molar-refractivity contribution in [2.45, 2.75) is 45.1 Å². The minimum absolute atomic E-state index is 0.0119. The van der Waals surface area contributed by atoms with Gasteiger partial charge in [-0.1, -0.05) is 49.6 Å². The van der Waals surface area contributed by atoms with Gasteiger partial charge in [-0.2, -0.15) is 0 Å². The Hall–Kier alpha value is -3.21. The number of nitrogens with zero attached hydrogens (tertiary/aromatic N) is 1. The highest BCUT2D eigenvalue weighted by Crippen LogP contribution is 2.35. The predicted molar refractivity (Wildman–Crippen MR) is 123 cm³/mol. The van der Waals surface area contributed by atoms with Gasteiger partial charge in [0.05, 0.1) is 31.2 Å². The van der Waals surface area contributed by atoms with Gasteiger partial charge in [-0.15, -0.1) is 0 Å². The maximum absolute atomic E-state index is 13.3. The molecule has 4 rings (SSSR count). The normalized spacial score (nSPS) is 14.3. The van der Waals surface area contributed by atoms with E-state index in [1.807, 2.05) is 49.4 Å². The summed E-state index contributed by atoms with van der Waals surface area (Å²) in [6.07, 6.45) is 5.74. The summed E-state index contributed by atoms with van der Waals surface area (Å²) in [6.45, 7) is 1.99. The molecular weight excluding hydrogens is 388 g/mol. The third kappa shape index (κ3) is 4.31. The summed E-state index contributed by atoms with van der Waals surface area (Å²) in [6, 6.07) is 18.1. The molecule has 1 amide bonds. The summed E-state index contributed by atoms with van der Waals surface area (Å²) in [4.78, 5) is 13.3. The van der Waals surface area contributed by atoms with Gasteiger partial charge in [-0.05, 0) is 43.5 Å². The van der Waals surface area contributed by atoms with Gasteiger partial charge in [0.2, 0.25) is 0 Å². The molecular formula is C26H30N2O3. The molecule has 5 nitrogen and oxygen atoms in total. The lowest BCUT2D eigenvalue weighted by molar-refractivity contribution is 0.0927. The van der Waals surface area contributed by atoms with Crippen LogP contribution in [0.25, 0.3) is 16.9 Å². The van der Waals surface area contributed by atoms with E-state index in [2.05, 4.69) is 22.0 Å². The largest absolute Gasteiger partial charge is 0.497 e. The van der Waals surface area contributed by atoms with E-state index >= 15 is 0 Å². The summed E-state index contributed by atoms with van der Waals surface area (Å²) in [5, 5.41) is 3.26. The van der Waals surface area contributed by atoms with E-state index in [-0.39, 0.29) is 11.9 Å². The first-order chi connectivity index (χ1) is 15.1. The average Bonchev–Trinajstić information content (AvgIpc) is 3.17. The van der Waals surface area contributed by atoms with Gasteiger partial charge in [-0.25, -0.2) is 0 Å². The maximum atomic E-state index is 13.3. The highest BCUT2D eigenvalue weighted by atomic mass is 16.5. The fourth-order valence-corrected chi connectivity index (χ4v) is 4.45. The van der Waals surface area contributed by atoms with E-state index < -0.39 is 0 Å². The molecule has 31 heavy (non-hydrogen) atoms. The number of hydrogen-bond donors (Lipinski definition) is 1. The standard InChI is InChI=1S/C26H30N2O3/c1-18-22(26(29)27-20-12-8-5-9-13-20)17-23(19-10-6-4-7-11-19)28(18)24-16-21(30-2)14-15-25(24)31-3/h4,6-7,10-11,14-17,20H,5,8-9,12-13H2,1-3H3,(H,27,29). The number of carbonyl (C=O) groups excluding carboxylic acids is 1. The smallest absolute Gasteiger partial charge is 0.253 e. The Labute approximate surface area is 184 Å². The Morgan fingerprint density at radius 3 is 2.39 bits per heavy atom. The summed E-state index contributed by atoms with van der Waals surface area (Å²) < 4.78 is 13.2. The molecule has 1 fully saturated rings. The van der Waals surface area contributed by atoms with Crippen LogP contribution in [-0.4, -0.2) is 30.7 Å². The second-order valence-electron chi connectivity index (χ2n) is 8.08. The zero-order valence-electron chi connectivity index (χ0n) is 18.5. The maximum Gasteiger partial charge on any atom is 0.253 e. The molecule has 0 radical (unpaired) electrons. The molecule has 0 atom stereocenters. The lowest BCUT2D eigenvalue weighted by Crippen LogP contribution is -2.36. The van der Waals surface area contributed by atoms with Gasteiger partial charge < -0.3 is 19.4 Å². The topological polar surface area (TPSA) is 52.5 Å². The molecule has 1 aliphatic carbocycles. The molecule has 0 aliphatic heterocycles. The van der Waals surface area contributed by atoms with Crippen molar-refractivity contribution in [3.8, 4) is 28.4 Å². The van der Waals surface area contributed by atoms with Crippen molar-refractivity contribution >= 4 is 5.91 Å². The van der Waals surface area contributed by atoms with Crippen LogP contribution in [-0.2, 0) is 0 Å². The van der Waals surface area contributed by atoms with Crippen LogP contribution < -0.4 is 14.8 Å². The molecule has 1 aromatic heterocycles. The van der Waals surface area contributed by atoms with E-state index in [0.717, 1.165) is 47.0 Å². The summed E-state index contributed by atoms with van der Waals surface area (Å²) in [5.74, 6) is 1.44. The average molecular weight is 419 g/mol. The van der Waals surface area contributed by atoms with Gasteiger partial charge >= 0.3 is 0 Å². The second-order valence-corrected chi connectivity index (χ2v) is 8.08. The Morgan fingerprint density at radius 2 is 1.71 bits per heavy atom. The van der Waals surface area contributed by atoms with Gasteiger partial charge in [-0.3, -0.25) is 4.79 Å². The van der Waals surface area contributed by atoms with Gasteiger partial charge in [0.1, 0.15) is 11.5 Å². The predicted octanol–water partition coefficient (Wildman–Crippen LogP) is 5.53. The Kier molecular flexibility index (Phi) is 6.31. The van der Waals surface area contributed by atoms with Crippen LogP contribution in [0, 0.1) is 6.92 Å². The number of benzene rings is 2. The first kappa shape index (κ1) is 21.0.